The van der Waals surface area contributed by atoms with Gasteiger partial charge in [-0.15, -0.1) is 12.4 Å². The molecule has 2 fully saturated rings. The summed E-state index contributed by atoms with van der Waals surface area (Å²) in [5, 5.41) is -0.0854. The van der Waals surface area contributed by atoms with E-state index in [-0.39, 0.29) is 23.7 Å². The van der Waals surface area contributed by atoms with E-state index in [1.807, 2.05) is 0 Å². The molecule has 0 radical (unpaired) electrons. The lowest BCUT2D eigenvalue weighted by Crippen LogP contribution is -2.46. The van der Waals surface area contributed by atoms with Gasteiger partial charge in [0, 0.05) is 19.1 Å². The minimum absolute atomic E-state index is 0. The summed E-state index contributed by atoms with van der Waals surface area (Å²) in [7, 11) is -2.97. The van der Waals surface area contributed by atoms with Crippen molar-refractivity contribution in [3.05, 3.63) is 0 Å². The van der Waals surface area contributed by atoms with E-state index in [0.29, 0.717) is 13.1 Å². The third-order valence-corrected chi connectivity index (χ3v) is 5.09. The molecule has 2 aliphatic rings. The van der Waals surface area contributed by atoms with Crippen LogP contribution in [0.2, 0.25) is 0 Å². The highest BCUT2D eigenvalue weighted by atomic mass is 35.5. The molecule has 0 spiro atoms. The Morgan fingerprint density at radius 1 is 1.21 bits per heavy atom. The molecular weight excluding hydrogens is 224 g/mol. The molecule has 1 atom stereocenters. The third kappa shape index (κ3) is 2.39. The van der Waals surface area contributed by atoms with Crippen molar-refractivity contribution in [1.29, 1.82) is 0 Å². The lowest BCUT2D eigenvalue weighted by atomic mass is 10.1. The summed E-state index contributed by atoms with van der Waals surface area (Å²) in [5.74, 6) is 0. The van der Waals surface area contributed by atoms with Gasteiger partial charge in [0.05, 0.1) is 5.25 Å². The first-order valence-corrected chi connectivity index (χ1v) is 6.35. The Morgan fingerprint density at radius 2 is 1.86 bits per heavy atom. The molecule has 0 aromatic rings. The number of piperidine rings is 1. The van der Waals surface area contributed by atoms with Gasteiger partial charge in [0.15, 0.2) is 0 Å². The van der Waals surface area contributed by atoms with Crippen LogP contribution in [0.15, 0.2) is 0 Å². The van der Waals surface area contributed by atoms with Gasteiger partial charge in [0.1, 0.15) is 0 Å². The quantitative estimate of drug-likeness (QED) is 0.756. The third-order valence-electron chi connectivity index (χ3n) is 2.73. The van der Waals surface area contributed by atoms with Gasteiger partial charge in [-0.1, -0.05) is 0 Å². The fourth-order valence-corrected chi connectivity index (χ4v) is 3.72. The fourth-order valence-electron chi connectivity index (χ4n) is 1.78. The van der Waals surface area contributed by atoms with Gasteiger partial charge >= 0.3 is 0 Å². The number of nitrogens with two attached hydrogens (primary N) is 1. The molecule has 0 aromatic heterocycles. The zero-order chi connectivity index (χ0) is 9.47. The Labute approximate surface area is 91.3 Å². The van der Waals surface area contributed by atoms with E-state index in [4.69, 9.17) is 5.73 Å². The molecule has 1 unspecified atom stereocenters. The molecule has 84 valence electrons. The van der Waals surface area contributed by atoms with Gasteiger partial charge in [-0.05, 0) is 25.7 Å². The highest BCUT2D eigenvalue weighted by molar-refractivity contribution is 7.90. The van der Waals surface area contributed by atoms with Crippen molar-refractivity contribution in [2.75, 3.05) is 13.1 Å². The maximum Gasteiger partial charge on any atom is 0.217 e. The number of sulfonamides is 1. The van der Waals surface area contributed by atoms with Crippen LogP contribution >= 0.6 is 12.4 Å². The van der Waals surface area contributed by atoms with E-state index >= 15 is 0 Å². The Hall–Kier alpha value is 0.160. The van der Waals surface area contributed by atoms with Crippen LogP contribution in [0.25, 0.3) is 0 Å². The van der Waals surface area contributed by atoms with Crippen LogP contribution in [0.3, 0.4) is 0 Å². The normalized spacial score (nSPS) is 29.6. The molecule has 14 heavy (non-hydrogen) atoms. The van der Waals surface area contributed by atoms with Gasteiger partial charge in [0.2, 0.25) is 10.0 Å². The van der Waals surface area contributed by atoms with E-state index in [0.717, 1.165) is 25.7 Å². The highest BCUT2D eigenvalue weighted by Gasteiger charge is 2.41. The number of hydrogen-bond acceptors (Lipinski definition) is 3. The first-order chi connectivity index (χ1) is 6.10. The predicted octanol–water partition coefficient (Wildman–Crippen LogP) is 0.324. The van der Waals surface area contributed by atoms with Gasteiger partial charge in [-0.25, -0.2) is 12.7 Å². The lowest BCUT2D eigenvalue weighted by Gasteiger charge is -2.29. The molecule has 2 N–H and O–H groups in total. The predicted molar refractivity (Wildman–Crippen MR) is 58.0 cm³/mol. The van der Waals surface area contributed by atoms with Crippen LogP contribution in [0.1, 0.15) is 25.7 Å². The van der Waals surface area contributed by atoms with Crippen LogP contribution in [0.4, 0.5) is 0 Å². The second-order valence-electron chi connectivity index (χ2n) is 4.00. The largest absolute Gasteiger partial charge is 0.327 e. The Morgan fingerprint density at radius 3 is 2.36 bits per heavy atom. The number of halogens is 1. The molecule has 0 aromatic carbocycles. The van der Waals surface area contributed by atoms with Crippen molar-refractivity contribution in [1.82, 2.24) is 4.31 Å². The number of rotatable bonds is 2. The minimum Gasteiger partial charge on any atom is -0.327 e. The van der Waals surface area contributed by atoms with E-state index in [2.05, 4.69) is 0 Å². The Kier molecular flexibility index (Phi) is 3.80. The average Bonchev–Trinajstić information content (AvgIpc) is 2.86. The first-order valence-electron chi connectivity index (χ1n) is 4.85. The maximum absolute atomic E-state index is 11.8. The van der Waals surface area contributed by atoms with Crippen molar-refractivity contribution < 1.29 is 8.42 Å². The van der Waals surface area contributed by atoms with Crippen LogP contribution < -0.4 is 5.73 Å². The van der Waals surface area contributed by atoms with Crippen LogP contribution in [-0.4, -0.2) is 37.1 Å². The summed E-state index contributed by atoms with van der Waals surface area (Å²) >= 11 is 0. The van der Waals surface area contributed by atoms with Crippen molar-refractivity contribution >= 4 is 22.4 Å². The fraction of sp³-hybridized carbons (Fsp3) is 1.00. The smallest absolute Gasteiger partial charge is 0.217 e. The second-order valence-corrected chi connectivity index (χ2v) is 6.22. The van der Waals surface area contributed by atoms with Crippen molar-refractivity contribution in [3.8, 4) is 0 Å². The first kappa shape index (κ1) is 12.2. The molecule has 1 heterocycles. The summed E-state index contributed by atoms with van der Waals surface area (Å²) in [6.07, 6.45) is 3.55. The van der Waals surface area contributed by atoms with Gasteiger partial charge < -0.3 is 5.73 Å². The molecule has 6 heteroatoms. The summed E-state index contributed by atoms with van der Waals surface area (Å²) in [4.78, 5) is 0. The van der Waals surface area contributed by atoms with Gasteiger partial charge in [-0.2, -0.15) is 0 Å². The van der Waals surface area contributed by atoms with Crippen molar-refractivity contribution in [2.45, 2.75) is 37.0 Å². The molecule has 4 nitrogen and oxygen atoms in total. The SMILES string of the molecule is Cl.NC1CCCN(S(=O)(=O)C2CC2)C1. The second kappa shape index (κ2) is 4.35. The van der Waals surface area contributed by atoms with Gasteiger partial charge in [-0.3, -0.25) is 0 Å². The van der Waals surface area contributed by atoms with E-state index in [1.54, 1.807) is 4.31 Å². The topological polar surface area (TPSA) is 63.4 Å². The van der Waals surface area contributed by atoms with E-state index in [1.165, 1.54) is 0 Å². The molecule has 0 amide bonds. The Bertz CT molecular complexity index is 290. The van der Waals surface area contributed by atoms with E-state index < -0.39 is 10.0 Å². The highest BCUT2D eigenvalue weighted by Crippen LogP contribution is 2.32. The number of nitrogens with zero attached hydrogens (tertiary/aromatic N) is 1. The molecule has 2 rings (SSSR count). The van der Waals surface area contributed by atoms with E-state index in [9.17, 15) is 8.42 Å². The standard InChI is InChI=1S/C8H16N2O2S.ClH/c9-7-2-1-5-10(6-7)13(11,12)8-3-4-8;/h7-8H,1-6,9H2;1H. The van der Waals surface area contributed by atoms with Crippen molar-refractivity contribution in [2.24, 2.45) is 5.73 Å². The van der Waals surface area contributed by atoms with Gasteiger partial charge in [0.25, 0.3) is 0 Å². The van der Waals surface area contributed by atoms with Crippen LogP contribution in [0, 0.1) is 0 Å². The number of hydrogen-bond donors (Lipinski definition) is 1. The summed E-state index contributed by atoms with van der Waals surface area (Å²) < 4.78 is 25.1. The monoisotopic (exact) mass is 240 g/mol. The van der Waals surface area contributed by atoms with Crippen molar-refractivity contribution in [3.63, 3.8) is 0 Å². The molecule has 1 aliphatic carbocycles. The maximum atomic E-state index is 11.8. The molecule has 1 saturated heterocycles. The summed E-state index contributed by atoms with van der Waals surface area (Å²) in [5.41, 5.74) is 5.74. The average molecular weight is 241 g/mol. The summed E-state index contributed by atoms with van der Waals surface area (Å²) in [6, 6.07) is 0.0438. The molecule has 0 bridgehead atoms. The minimum atomic E-state index is -2.97. The Balaban J connectivity index is 0.000000980. The molecular formula is C8H17ClN2O2S. The van der Waals surface area contributed by atoms with Crippen LogP contribution in [-0.2, 0) is 10.0 Å². The summed E-state index contributed by atoms with van der Waals surface area (Å²) in [6.45, 7) is 1.20. The molecule has 1 saturated carbocycles. The molecule has 1 aliphatic heterocycles. The lowest BCUT2D eigenvalue weighted by molar-refractivity contribution is 0.315. The van der Waals surface area contributed by atoms with Crippen LogP contribution in [0.5, 0.6) is 0 Å². The zero-order valence-electron chi connectivity index (χ0n) is 8.05. The zero-order valence-corrected chi connectivity index (χ0v) is 9.69.